The van der Waals surface area contributed by atoms with Gasteiger partial charge in [-0.2, -0.15) is 0 Å². The molecule has 0 aliphatic carbocycles. The number of nitrogens with one attached hydrogen (secondary N) is 1. The Balaban J connectivity index is 2.80. The standard InChI is InChI=1S/C10H17ClN2S/c1-3-7(6-12)10(13-2)8-4-5-9(11)14-8/h4-5,7,10,13H,3,6,12H2,1-2H3. The van der Waals surface area contributed by atoms with Crippen molar-refractivity contribution in [2.75, 3.05) is 13.6 Å². The van der Waals surface area contributed by atoms with Crippen LogP contribution in [0.25, 0.3) is 0 Å². The van der Waals surface area contributed by atoms with Crippen molar-refractivity contribution in [2.45, 2.75) is 19.4 Å². The largest absolute Gasteiger partial charge is 0.330 e. The number of thiophene rings is 1. The van der Waals surface area contributed by atoms with Crippen LogP contribution in [0.1, 0.15) is 24.3 Å². The summed E-state index contributed by atoms with van der Waals surface area (Å²) in [6.45, 7) is 2.87. The number of nitrogens with two attached hydrogens (primary N) is 1. The molecule has 2 atom stereocenters. The van der Waals surface area contributed by atoms with Crippen molar-refractivity contribution < 1.29 is 0 Å². The van der Waals surface area contributed by atoms with Gasteiger partial charge in [0.15, 0.2) is 0 Å². The summed E-state index contributed by atoms with van der Waals surface area (Å²) in [7, 11) is 1.97. The van der Waals surface area contributed by atoms with Crippen LogP contribution >= 0.6 is 22.9 Å². The maximum absolute atomic E-state index is 5.91. The van der Waals surface area contributed by atoms with Crippen LogP contribution in [0.5, 0.6) is 0 Å². The summed E-state index contributed by atoms with van der Waals surface area (Å²) < 4.78 is 0.840. The molecule has 0 fully saturated rings. The minimum Gasteiger partial charge on any atom is -0.330 e. The van der Waals surface area contributed by atoms with Gasteiger partial charge < -0.3 is 11.1 Å². The summed E-state index contributed by atoms with van der Waals surface area (Å²) in [5.74, 6) is 0.481. The number of rotatable bonds is 5. The summed E-state index contributed by atoms with van der Waals surface area (Å²) in [5, 5.41) is 3.31. The lowest BCUT2D eigenvalue weighted by molar-refractivity contribution is 0.383. The van der Waals surface area contributed by atoms with E-state index in [1.54, 1.807) is 11.3 Å². The van der Waals surface area contributed by atoms with Crippen LogP contribution in [0.4, 0.5) is 0 Å². The summed E-state index contributed by atoms with van der Waals surface area (Å²) in [6, 6.07) is 4.35. The molecule has 2 nitrogen and oxygen atoms in total. The highest BCUT2D eigenvalue weighted by Crippen LogP contribution is 2.31. The molecule has 0 aliphatic heterocycles. The monoisotopic (exact) mass is 232 g/mol. The fourth-order valence-electron chi connectivity index (χ4n) is 1.64. The zero-order valence-electron chi connectivity index (χ0n) is 8.59. The third-order valence-electron chi connectivity index (χ3n) is 2.51. The number of hydrogen-bond donors (Lipinski definition) is 2. The predicted molar refractivity (Wildman–Crippen MR) is 64.0 cm³/mol. The lowest BCUT2D eigenvalue weighted by atomic mass is 9.96. The van der Waals surface area contributed by atoms with Gasteiger partial charge >= 0.3 is 0 Å². The summed E-state index contributed by atoms with van der Waals surface area (Å²) in [6.07, 6.45) is 1.08. The predicted octanol–water partition coefficient (Wildman–Crippen LogP) is 2.65. The first-order valence-electron chi connectivity index (χ1n) is 4.85. The van der Waals surface area contributed by atoms with Crippen molar-refractivity contribution in [2.24, 2.45) is 11.7 Å². The van der Waals surface area contributed by atoms with Gasteiger partial charge in [-0.1, -0.05) is 24.9 Å². The van der Waals surface area contributed by atoms with E-state index in [1.807, 2.05) is 13.1 Å². The Morgan fingerprint density at radius 1 is 1.57 bits per heavy atom. The summed E-state index contributed by atoms with van der Waals surface area (Å²) >= 11 is 7.54. The van der Waals surface area contributed by atoms with Crippen molar-refractivity contribution in [3.05, 3.63) is 21.3 Å². The molecule has 14 heavy (non-hydrogen) atoms. The summed E-state index contributed by atoms with van der Waals surface area (Å²) in [5.41, 5.74) is 5.74. The second kappa shape index (κ2) is 5.71. The minimum atomic E-state index is 0.336. The van der Waals surface area contributed by atoms with E-state index in [1.165, 1.54) is 4.88 Å². The van der Waals surface area contributed by atoms with Gasteiger partial charge in [-0.3, -0.25) is 0 Å². The zero-order valence-corrected chi connectivity index (χ0v) is 10.2. The van der Waals surface area contributed by atoms with Gasteiger partial charge in [-0.05, 0) is 31.6 Å². The van der Waals surface area contributed by atoms with Gasteiger partial charge in [0.2, 0.25) is 0 Å². The fraction of sp³-hybridized carbons (Fsp3) is 0.600. The third-order valence-corrected chi connectivity index (χ3v) is 3.82. The van der Waals surface area contributed by atoms with Gasteiger partial charge in [0.05, 0.1) is 4.34 Å². The Hall–Kier alpha value is -0.0900. The Bertz CT molecular complexity index is 271. The molecule has 0 spiro atoms. The molecule has 2 unspecified atom stereocenters. The molecule has 0 bridgehead atoms. The molecule has 1 aromatic heterocycles. The average Bonchev–Trinajstić information content (AvgIpc) is 2.60. The van der Waals surface area contributed by atoms with Crippen molar-refractivity contribution in [1.82, 2.24) is 5.32 Å². The minimum absolute atomic E-state index is 0.336. The molecule has 3 N–H and O–H groups in total. The van der Waals surface area contributed by atoms with Crippen LogP contribution in [0.3, 0.4) is 0 Å². The molecular formula is C10H17ClN2S. The molecule has 0 saturated carbocycles. The molecule has 0 radical (unpaired) electrons. The summed E-state index contributed by atoms with van der Waals surface area (Å²) in [4.78, 5) is 1.27. The molecule has 1 aromatic rings. The molecule has 1 heterocycles. The van der Waals surface area contributed by atoms with Crippen LogP contribution in [0.2, 0.25) is 4.34 Å². The number of halogens is 1. The van der Waals surface area contributed by atoms with E-state index in [4.69, 9.17) is 17.3 Å². The van der Waals surface area contributed by atoms with Crippen LogP contribution in [0, 0.1) is 5.92 Å². The van der Waals surface area contributed by atoms with Crippen molar-refractivity contribution in [3.8, 4) is 0 Å². The Morgan fingerprint density at radius 2 is 2.29 bits per heavy atom. The second-order valence-electron chi connectivity index (χ2n) is 3.31. The van der Waals surface area contributed by atoms with Gasteiger partial charge in [0.1, 0.15) is 0 Å². The van der Waals surface area contributed by atoms with Crippen molar-refractivity contribution >= 4 is 22.9 Å². The van der Waals surface area contributed by atoms with Crippen LogP contribution < -0.4 is 11.1 Å². The van der Waals surface area contributed by atoms with Crippen LogP contribution in [-0.4, -0.2) is 13.6 Å². The molecule has 1 rings (SSSR count). The second-order valence-corrected chi connectivity index (χ2v) is 5.06. The zero-order chi connectivity index (χ0) is 10.6. The molecule has 0 aromatic carbocycles. The van der Waals surface area contributed by atoms with Crippen LogP contribution in [-0.2, 0) is 0 Å². The topological polar surface area (TPSA) is 38.0 Å². The normalized spacial score (nSPS) is 15.4. The first-order valence-corrected chi connectivity index (χ1v) is 6.04. The average molecular weight is 233 g/mol. The van der Waals surface area contributed by atoms with E-state index in [0.29, 0.717) is 18.5 Å². The molecule has 0 saturated heterocycles. The number of hydrogen-bond acceptors (Lipinski definition) is 3. The van der Waals surface area contributed by atoms with E-state index in [0.717, 1.165) is 10.8 Å². The van der Waals surface area contributed by atoms with E-state index in [2.05, 4.69) is 18.3 Å². The lowest BCUT2D eigenvalue weighted by Crippen LogP contribution is -2.29. The SMILES string of the molecule is CCC(CN)C(NC)c1ccc(Cl)s1. The molecular weight excluding hydrogens is 216 g/mol. The third kappa shape index (κ3) is 2.70. The van der Waals surface area contributed by atoms with Gasteiger partial charge in [-0.25, -0.2) is 0 Å². The quantitative estimate of drug-likeness (QED) is 0.819. The maximum Gasteiger partial charge on any atom is 0.0931 e. The lowest BCUT2D eigenvalue weighted by Gasteiger charge is -2.23. The highest BCUT2D eigenvalue weighted by atomic mass is 35.5. The maximum atomic E-state index is 5.91. The first kappa shape index (κ1) is 12.0. The Morgan fingerprint density at radius 3 is 2.64 bits per heavy atom. The Labute approximate surface area is 94.5 Å². The van der Waals surface area contributed by atoms with Gasteiger partial charge in [-0.15, -0.1) is 11.3 Å². The first-order chi connectivity index (χ1) is 6.72. The molecule has 80 valence electrons. The van der Waals surface area contributed by atoms with Crippen LogP contribution in [0.15, 0.2) is 12.1 Å². The highest BCUT2D eigenvalue weighted by Gasteiger charge is 2.20. The smallest absolute Gasteiger partial charge is 0.0931 e. The molecule has 4 heteroatoms. The van der Waals surface area contributed by atoms with Crippen molar-refractivity contribution in [3.63, 3.8) is 0 Å². The van der Waals surface area contributed by atoms with Crippen molar-refractivity contribution in [1.29, 1.82) is 0 Å². The Kier molecular flexibility index (Phi) is 4.89. The molecule has 0 amide bonds. The van der Waals surface area contributed by atoms with E-state index in [9.17, 15) is 0 Å². The van der Waals surface area contributed by atoms with E-state index < -0.39 is 0 Å². The molecule has 0 aliphatic rings. The van der Waals surface area contributed by atoms with E-state index >= 15 is 0 Å². The van der Waals surface area contributed by atoms with Gasteiger partial charge in [0, 0.05) is 10.9 Å². The van der Waals surface area contributed by atoms with Gasteiger partial charge in [0.25, 0.3) is 0 Å². The highest BCUT2D eigenvalue weighted by molar-refractivity contribution is 7.16. The van der Waals surface area contributed by atoms with E-state index in [-0.39, 0.29) is 0 Å². The fourth-order valence-corrected chi connectivity index (χ4v) is 2.91.